The van der Waals surface area contributed by atoms with Crippen molar-refractivity contribution >= 4 is 52.2 Å². The van der Waals surface area contributed by atoms with Crippen molar-refractivity contribution in [1.82, 2.24) is 0 Å². The van der Waals surface area contributed by atoms with Gasteiger partial charge in [-0.15, -0.1) is 11.3 Å². The molecular formula is C14H8Cl2N2OS. The summed E-state index contributed by atoms with van der Waals surface area (Å²) < 4.78 is 0.601. The highest BCUT2D eigenvalue weighted by molar-refractivity contribution is 7.17. The number of hydrogen-bond donors (Lipinski definition) is 1. The van der Waals surface area contributed by atoms with Crippen molar-refractivity contribution in [3.8, 4) is 6.07 Å². The molecule has 20 heavy (non-hydrogen) atoms. The average molecular weight is 323 g/mol. The van der Waals surface area contributed by atoms with E-state index in [1.807, 2.05) is 6.07 Å². The Balaban J connectivity index is 2.18. The third-order valence-corrected chi connectivity index (χ3v) is 3.74. The van der Waals surface area contributed by atoms with E-state index < -0.39 is 5.91 Å². The van der Waals surface area contributed by atoms with Gasteiger partial charge >= 0.3 is 0 Å². The van der Waals surface area contributed by atoms with E-state index in [4.69, 9.17) is 28.5 Å². The largest absolute Gasteiger partial charge is 0.321 e. The van der Waals surface area contributed by atoms with Gasteiger partial charge in [0, 0.05) is 15.6 Å². The van der Waals surface area contributed by atoms with Crippen LogP contribution in [-0.4, -0.2) is 5.91 Å². The lowest BCUT2D eigenvalue weighted by Gasteiger charge is -2.04. The number of hydrogen-bond acceptors (Lipinski definition) is 3. The van der Waals surface area contributed by atoms with Crippen molar-refractivity contribution in [2.24, 2.45) is 0 Å². The summed E-state index contributed by atoms with van der Waals surface area (Å²) in [5.74, 6) is -0.487. The van der Waals surface area contributed by atoms with E-state index in [9.17, 15) is 4.79 Å². The Bertz CT molecular complexity index is 716. The third-order valence-electron chi connectivity index (χ3n) is 2.33. The minimum atomic E-state index is -0.487. The fourth-order valence-electron chi connectivity index (χ4n) is 1.46. The van der Waals surface area contributed by atoms with E-state index >= 15 is 0 Å². The Labute approximate surface area is 130 Å². The summed E-state index contributed by atoms with van der Waals surface area (Å²) in [4.78, 5) is 12.7. The zero-order valence-corrected chi connectivity index (χ0v) is 12.4. The second-order valence-corrected chi connectivity index (χ2v) is 5.96. The molecule has 1 N–H and O–H groups in total. The number of carbonyl (C=O) groups excluding carboxylic acids is 1. The molecule has 3 nitrogen and oxygen atoms in total. The van der Waals surface area contributed by atoms with Crippen molar-refractivity contribution in [3.63, 3.8) is 0 Å². The molecule has 0 saturated carbocycles. The zero-order valence-electron chi connectivity index (χ0n) is 10.1. The monoisotopic (exact) mass is 322 g/mol. The number of anilines is 1. The van der Waals surface area contributed by atoms with Crippen LogP contribution in [0.1, 0.15) is 4.88 Å². The van der Waals surface area contributed by atoms with Crippen LogP contribution in [0.15, 0.2) is 42.0 Å². The molecule has 1 heterocycles. The average Bonchev–Trinajstić information content (AvgIpc) is 2.81. The molecule has 6 heteroatoms. The topological polar surface area (TPSA) is 52.9 Å². The van der Waals surface area contributed by atoms with E-state index in [0.717, 1.165) is 4.88 Å². The van der Waals surface area contributed by atoms with Crippen LogP contribution < -0.4 is 5.32 Å². The zero-order chi connectivity index (χ0) is 14.5. The lowest BCUT2D eigenvalue weighted by Crippen LogP contribution is -2.13. The van der Waals surface area contributed by atoms with Crippen LogP contribution in [0, 0.1) is 11.3 Å². The quantitative estimate of drug-likeness (QED) is 0.663. The first kappa shape index (κ1) is 14.6. The molecule has 1 aromatic heterocycles. The van der Waals surface area contributed by atoms with Crippen molar-refractivity contribution < 1.29 is 4.79 Å². The predicted octanol–water partition coefficient (Wildman–Crippen LogP) is 4.60. The van der Waals surface area contributed by atoms with Gasteiger partial charge in [-0.3, -0.25) is 4.79 Å². The van der Waals surface area contributed by atoms with Gasteiger partial charge in [0.05, 0.1) is 4.34 Å². The summed E-state index contributed by atoms with van der Waals surface area (Å²) in [6.07, 6.45) is 1.50. The number of nitrogens with one attached hydrogen (secondary N) is 1. The molecule has 0 spiro atoms. The number of carbonyl (C=O) groups is 1. The molecule has 0 aliphatic carbocycles. The molecule has 2 rings (SSSR count). The van der Waals surface area contributed by atoms with Gasteiger partial charge in [0.2, 0.25) is 0 Å². The molecule has 0 atom stereocenters. The van der Waals surface area contributed by atoms with Crippen LogP contribution in [0.2, 0.25) is 9.36 Å². The Morgan fingerprint density at radius 2 is 2.10 bits per heavy atom. The molecule has 0 saturated heterocycles. The van der Waals surface area contributed by atoms with Gasteiger partial charge in [-0.25, -0.2) is 0 Å². The van der Waals surface area contributed by atoms with Crippen molar-refractivity contribution in [2.45, 2.75) is 0 Å². The molecule has 1 aromatic carbocycles. The van der Waals surface area contributed by atoms with Crippen molar-refractivity contribution in [1.29, 1.82) is 5.26 Å². The SMILES string of the molecule is N#C/C(=C/c1ccc(Cl)s1)C(=O)Nc1cccc(Cl)c1. The fourth-order valence-corrected chi connectivity index (χ4v) is 2.66. The maximum Gasteiger partial charge on any atom is 0.266 e. The van der Waals surface area contributed by atoms with Gasteiger partial charge in [0.25, 0.3) is 5.91 Å². The normalized spacial score (nSPS) is 10.9. The molecule has 0 aliphatic rings. The molecule has 0 bridgehead atoms. The fraction of sp³-hybridized carbons (Fsp3) is 0. The number of nitrogens with zero attached hydrogens (tertiary/aromatic N) is 1. The van der Waals surface area contributed by atoms with Crippen molar-refractivity contribution in [2.75, 3.05) is 5.32 Å². The van der Waals surface area contributed by atoms with Crippen LogP contribution in [0.4, 0.5) is 5.69 Å². The molecule has 0 aliphatic heterocycles. The van der Waals surface area contributed by atoms with Crippen LogP contribution in [0.3, 0.4) is 0 Å². The van der Waals surface area contributed by atoms with Crippen LogP contribution >= 0.6 is 34.5 Å². The lowest BCUT2D eigenvalue weighted by atomic mass is 10.2. The number of halogens is 2. The highest BCUT2D eigenvalue weighted by Gasteiger charge is 2.10. The maximum atomic E-state index is 12.0. The lowest BCUT2D eigenvalue weighted by molar-refractivity contribution is -0.112. The minimum Gasteiger partial charge on any atom is -0.321 e. The third kappa shape index (κ3) is 3.84. The van der Waals surface area contributed by atoms with Crippen LogP contribution in [-0.2, 0) is 4.79 Å². The van der Waals surface area contributed by atoms with Gasteiger partial charge in [-0.05, 0) is 36.4 Å². The number of benzene rings is 1. The highest BCUT2D eigenvalue weighted by Crippen LogP contribution is 2.24. The molecule has 100 valence electrons. The summed E-state index contributed by atoms with van der Waals surface area (Å²) in [7, 11) is 0. The second kappa shape index (κ2) is 6.58. The first-order valence-electron chi connectivity index (χ1n) is 5.52. The Morgan fingerprint density at radius 3 is 2.70 bits per heavy atom. The number of thiophene rings is 1. The van der Waals surface area contributed by atoms with E-state index in [1.54, 1.807) is 36.4 Å². The van der Waals surface area contributed by atoms with Crippen molar-refractivity contribution in [3.05, 3.63) is 56.2 Å². The first-order chi connectivity index (χ1) is 9.58. The smallest absolute Gasteiger partial charge is 0.266 e. The van der Waals surface area contributed by atoms with Gasteiger partial charge in [-0.1, -0.05) is 29.3 Å². The highest BCUT2D eigenvalue weighted by atomic mass is 35.5. The summed E-state index contributed by atoms with van der Waals surface area (Å²) in [6.45, 7) is 0. The first-order valence-corrected chi connectivity index (χ1v) is 7.10. The van der Waals surface area contributed by atoms with Gasteiger partial charge in [-0.2, -0.15) is 5.26 Å². The number of nitriles is 1. The van der Waals surface area contributed by atoms with E-state index in [2.05, 4.69) is 5.32 Å². The summed E-state index contributed by atoms with van der Waals surface area (Å²) >= 11 is 12.9. The summed E-state index contributed by atoms with van der Waals surface area (Å²) in [6, 6.07) is 12.0. The van der Waals surface area contributed by atoms with Gasteiger partial charge < -0.3 is 5.32 Å². The molecular weight excluding hydrogens is 315 g/mol. The summed E-state index contributed by atoms with van der Waals surface area (Å²) in [5, 5.41) is 12.2. The van der Waals surface area contributed by atoms with Crippen LogP contribution in [0.5, 0.6) is 0 Å². The Morgan fingerprint density at radius 1 is 1.30 bits per heavy atom. The Kier molecular flexibility index (Phi) is 4.80. The number of rotatable bonds is 3. The Hall–Kier alpha value is -1.80. The molecule has 2 aromatic rings. The van der Waals surface area contributed by atoms with E-state index in [1.165, 1.54) is 17.4 Å². The minimum absolute atomic E-state index is 0.00323. The standard InChI is InChI=1S/C14H8Cl2N2OS/c15-10-2-1-3-11(7-10)18-14(19)9(8-17)6-12-4-5-13(16)20-12/h1-7H,(H,18,19)/b9-6-. The number of amides is 1. The second-order valence-electron chi connectivity index (χ2n) is 3.78. The maximum absolute atomic E-state index is 12.0. The van der Waals surface area contributed by atoms with Gasteiger partial charge in [0.1, 0.15) is 11.6 Å². The predicted molar refractivity (Wildman–Crippen MR) is 83.0 cm³/mol. The van der Waals surface area contributed by atoms with Gasteiger partial charge in [0.15, 0.2) is 0 Å². The molecule has 0 unspecified atom stereocenters. The van der Waals surface area contributed by atoms with Crippen LogP contribution in [0.25, 0.3) is 6.08 Å². The molecule has 0 radical (unpaired) electrons. The van der Waals surface area contributed by atoms with E-state index in [0.29, 0.717) is 15.0 Å². The molecule has 1 amide bonds. The summed E-state index contributed by atoms with van der Waals surface area (Å²) in [5.41, 5.74) is 0.538. The molecule has 0 fully saturated rings. The van der Waals surface area contributed by atoms with E-state index in [-0.39, 0.29) is 5.57 Å².